The molecule has 1 saturated carbocycles. The summed E-state index contributed by atoms with van der Waals surface area (Å²) in [4.78, 5) is 34.3. The number of carbonyl (C=O) groups is 2. The van der Waals surface area contributed by atoms with Crippen LogP contribution in [0.4, 0.5) is 19.0 Å². The van der Waals surface area contributed by atoms with Crippen molar-refractivity contribution in [2.24, 2.45) is 11.3 Å². The Hall–Kier alpha value is -2.36. The molecule has 4 rings (SSSR count). The lowest BCUT2D eigenvalue weighted by molar-refractivity contribution is -0.156. The first-order valence-corrected chi connectivity index (χ1v) is 10.1. The number of aliphatic carboxylic acids is 1. The third-order valence-electron chi connectivity index (χ3n) is 6.61. The summed E-state index contributed by atoms with van der Waals surface area (Å²) in [5.41, 5.74) is -0.741. The standard InChI is InChI=1S/C20H25F3N4O3/c1-25-12-19(4-5-19)10-14(18(29)30)16(25)17(28)27-8-6-26(7-9-27)15-3-2-13(11-24-15)20(21,22)23/h2-3,11,14,16H,4-10,12H2,1H3,(H,29,30). The van der Waals surface area contributed by atoms with Crippen LogP contribution < -0.4 is 4.90 Å². The van der Waals surface area contributed by atoms with Crippen LogP contribution >= 0.6 is 0 Å². The summed E-state index contributed by atoms with van der Waals surface area (Å²) in [6, 6.07) is 1.66. The van der Waals surface area contributed by atoms with Crippen LogP contribution in [0.25, 0.3) is 0 Å². The van der Waals surface area contributed by atoms with Crippen LogP contribution in [0.2, 0.25) is 0 Å². The number of piperazine rings is 1. The van der Waals surface area contributed by atoms with Gasteiger partial charge in [0.25, 0.3) is 0 Å². The van der Waals surface area contributed by atoms with Gasteiger partial charge in [-0.15, -0.1) is 0 Å². The molecule has 164 valence electrons. The molecule has 1 amide bonds. The predicted molar refractivity (Wildman–Crippen MR) is 102 cm³/mol. The van der Waals surface area contributed by atoms with Crippen LogP contribution in [0, 0.1) is 11.3 Å². The number of carboxylic acid groups (broad SMARTS) is 1. The molecule has 2 saturated heterocycles. The van der Waals surface area contributed by atoms with Gasteiger partial charge in [0.15, 0.2) is 0 Å². The first kappa shape index (κ1) is 20.9. The minimum Gasteiger partial charge on any atom is -0.481 e. The van der Waals surface area contributed by atoms with Crippen molar-refractivity contribution in [1.82, 2.24) is 14.8 Å². The molecule has 1 aliphatic carbocycles. The average Bonchev–Trinajstić information content (AvgIpc) is 3.45. The van der Waals surface area contributed by atoms with Crippen molar-refractivity contribution in [3.8, 4) is 0 Å². The van der Waals surface area contributed by atoms with Gasteiger partial charge in [-0.2, -0.15) is 13.2 Å². The first-order valence-electron chi connectivity index (χ1n) is 10.1. The largest absolute Gasteiger partial charge is 0.481 e. The number of nitrogens with zero attached hydrogens (tertiary/aromatic N) is 4. The Balaban J connectivity index is 1.39. The maximum absolute atomic E-state index is 13.2. The number of aromatic nitrogens is 1. The van der Waals surface area contributed by atoms with Crippen LogP contribution in [0.15, 0.2) is 18.3 Å². The van der Waals surface area contributed by atoms with E-state index in [4.69, 9.17) is 0 Å². The Bertz CT molecular complexity index is 818. The lowest BCUT2D eigenvalue weighted by Crippen LogP contribution is -2.60. The van der Waals surface area contributed by atoms with Gasteiger partial charge in [-0.3, -0.25) is 14.5 Å². The second-order valence-corrected chi connectivity index (χ2v) is 8.72. The maximum atomic E-state index is 13.2. The molecule has 0 bridgehead atoms. The fourth-order valence-corrected chi connectivity index (χ4v) is 4.78. The van der Waals surface area contributed by atoms with Crippen molar-refractivity contribution < 1.29 is 27.9 Å². The summed E-state index contributed by atoms with van der Waals surface area (Å²) >= 11 is 0. The van der Waals surface area contributed by atoms with Gasteiger partial charge in [-0.05, 0) is 43.9 Å². The molecule has 30 heavy (non-hydrogen) atoms. The average molecular weight is 426 g/mol. The van der Waals surface area contributed by atoms with Crippen molar-refractivity contribution in [3.63, 3.8) is 0 Å². The van der Waals surface area contributed by atoms with Gasteiger partial charge < -0.3 is 14.9 Å². The number of carboxylic acids is 1. The van der Waals surface area contributed by atoms with E-state index in [0.29, 0.717) is 38.4 Å². The van der Waals surface area contributed by atoms with E-state index in [0.717, 1.165) is 31.6 Å². The number of amides is 1. The number of pyridine rings is 1. The zero-order valence-corrected chi connectivity index (χ0v) is 16.7. The molecule has 1 aromatic rings. The molecule has 1 N–H and O–H groups in total. The van der Waals surface area contributed by atoms with Crippen molar-refractivity contribution in [2.75, 3.05) is 44.7 Å². The molecule has 1 spiro atoms. The van der Waals surface area contributed by atoms with E-state index in [1.165, 1.54) is 6.07 Å². The molecule has 1 aromatic heterocycles. The number of hydrogen-bond acceptors (Lipinski definition) is 5. The van der Waals surface area contributed by atoms with Gasteiger partial charge in [0.2, 0.25) is 5.91 Å². The van der Waals surface area contributed by atoms with Crippen molar-refractivity contribution in [2.45, 2.75) is 31.5 Å². The lowest BCUT2D eigenvalue weighted by Gasteiger charge is -2.44. The summed E-state index contributed by atoms with van der Waals surface area (Å²) in [7, 11) is 1.82. The van der Waals surface area contributed by atoms with Crippen molar-refractivity contribution in [3.05, 3.63) is 23.9 Å². The highest BCUT2D eigenvalue weighted by Crippen LogP contribution is 2.54. The molecule has 2 atom stereocenters. The van der Waals surface area contributed by atoms with Crippen LogP contribution in [0.3, 0.4) is 0 Å². The number of likely N-dealkylation sites (tertiary alicyclic amines) is 1. The van der Waals surface area contributed by atoms with Gasteiger partial charge in [-0.1, -0.05) is 0 Å². The van der Waals surface area contributed by atoms with E-state index >= 15 is 0 Å². The quantitative estimate of drug-likeness (QED) is 0.796. The van der Waals surface area contributed by atoms with Gasteiger partial charge in [0, 0.05) is 38.9 Å². The third kappa shape index (κ3) is 3.97. The molecule has 7 nitrogen and oxygen atoms in total. The molecule has 0 radical (unpaired) electrons. The Morgan fingerprint density at radius 2 is 1.83 bits per heavy atom. The SMILES string of the molecule is CN1CC2(CC2)CC(C(=O)O)C1C(=O)N1CCN(c2ccc(C(F)(F)F)cn2)CC1. The number of carbonyl (C=O) groups excluding carboxylic acids is 1. The number of halogens is 3. The van der Waals surface area contributed by atoms with Gasteiger partial charge >= 0.3 is 12.1 Å². The number of likely N-dealkylation sites (N-methyl/N-ethyl adjacent to an activating group) is 1. The molecule has 10 heteroatoms. The number of rotatable bonds is 3. The summed E-state index contributed by atoms with van der Waals surface area (Å²) in [5.74, 6) is -1.39. The Morgan fingerprint density at radius 3 is 2.33 bits per heavy atom. The topological polar surface area (TPSA) is 77.0 Å². The first-order chi connectivity index (χ1) is 14.1. The molecule has 3 heterocycles. The lowest BCUT2D eigenvalue weighted by atomic mass is 9.80. The number of anilines is 1. The van der Waals surface area contributed by atoms with Crippen molar-refractivity contribution >= 4 is 17.7 Å². The fraction of sp³-hybridized carbons (Fsp3) is 0.650. The molecular weight excluding hydrogens is 401 g/mol. The van der Waals surface area contributed by atoms with Gasteiger partial charge in [0.05, 0.1) is 11.5 Å². The molecule has 0 aromatic carbocycles. The van der Waals surface area contributed by atoms with Crippen LogP contribution in [0.1, 0.15) is 24.8 Å². The molecular formula is C20H25F3N4O3. The monoisotopic (exact) mass is 426 g/mol. The summed E-state index contributed by atoms with van der Waals surface area (Å²) in [5, 5.41) is 9.71. The van der Waals surface area contributed by atoms with Gasteiger partial charge in [0.1, 0.15) is 11.9 Å². The predicted octanol–water partition coefficient (Wildman–Crippen LogP) is 1.93. The molecule has 2 aliphatic heterocycles. The third-order valence-corrected chi connectivity index (χ3v) is 6.61. The maximum Gasteiger partial charge on any atom is 0.417 e. The Morgan fingerprint density at radius 1 is 1.17 bits per heavy atom. The number of piperidine rings is 1. The highest BCUT2D eigenvalue weighted by molar-refractivity contribution is 5.88. The summed E-state index contributed by atoms with van der Waals surface area (Å²) in [6.07, 6.45) is -1.04. The Labute approximate surface area is 172 Å². The van der Waals surface area contributed by atoms with E-state index < -0.39 is 29.7 Å². The fourth-order valence-electron chi connectivity index (χ4n) is 4.78. The summed E-state index contributed by atoms with van der Waals surface area (Å²) < 4.78 is 38.1. The normalized spacial score (nSPS) is 26.7. The van der Waals surface area contributed by atoms with E-state index in [1.54, 1.807) is 4.90 Å². The molecule has 3 aliphatic rings. The van der Waals surface area contributed by atoms with E-state index in [2.05, 4.69) is 4.98 Å². The molecule has 2 unspecified atom stereocenters. The zero-order chi connectivity index (χ0) is 21.7. The molecule has 3 fully saturated rings. The highest BCUT2D eigenvalue weighted by atomic mass is 19.4. The second kappa shape index (κ2) is 7.40. The zero-order valence-electron chi connectivity index (χ0n) is 16.7. The number of alkyl halides is 3. The minimum absolute atomic E-state index is 0.0571. The Kier molecular flexibility index (Phi) is 5.16. The van der Waals surface area contributed by atoms with Crippen LogP contribution in [0.5, 0.6) is 0 Å². The van der Waals surface area contributed by atoms with E-state index in [9.17, 15) is 27.9 Å². The van der Waals surface area contributed by atoms with Crippen molar-refractivity contribution in [1.29, 1.82) is 0 Å². The van der Waals surface area contributed by atoms with Gasteiger partial charge in [-0.25, -0.2) is 4.98 Å². The highest BCUT2D eigenvalue weighted by Gasteiger charge is 2.55. The van der Waals surface area contributed by atoms with E-state index in [-0.39, 0.29) is 11.3 Å². The van der Waals surface area contributed by atoms with Crippen LogP contribution in [-0.4, -0.2) is 77.6 Å². The van der Waals surface area contributed by atoms with Crippen LogP contribution in [-0.2, 0) is 15.8 Å². The smallest absolute Gasteiger partial charge is 0.417 e. The second-order valence-electron chi connectivity index (χ2n) is 8.72. The number of hydrogen-bond donors (Lipinski definition) is 1. The summed E-state index contributed by atoms with van der Waals surface area (Å²) in [6.45, 7) is 2.36. The minimum atomic E-state index is -4.43. The van der Waals surface area contributed by atoms with E-state index in [1.807, 2.05) is 16.8 Å².